The summed E-state index contributed by atoms with van der Waals surface area (Å²) in [7, 11) is 1.84. The van der Waals surface area contributed by atoms with Gasteiger partial charge < -0.3 is 19.4 Å². The zero-order chi connectivity index (χ0) is 23.9. The minimum Gasteiger partial charge on any atom is -0.486 e. The fourth-order valence-corrected chi connectivity index (χ4v) is 4.00. The van der Waals surface area contributed by atoms with Crippen molar-refractivity contribution in [1.29, 1.82) is 0 Å². The number of fused-ring (bicyclic) bond motifs is 1. The van der Waals surface area contributed by atoms with Crippen LogP contribution >= 0.6 is 11.8 Å². The van der Waals surface area contributed by atoms with Gasteiger partial charge in [-0.2, -0.15) is 0 Å². The van der Waals surface area contributed by atoms with E-state index in [0.717, 1.165) is 16.5 Å². The van der Waals surface area contributed by atoms with Crippen LogP contribution in [-0.4, -0.2) is 39.0 Å². The van der Waals surface area contributed by atoms with Crippen LogP contribution in [-0.2, 0) is 23.2 Å². The highest BCUT2D eigenvalue weighted by Gasteiger charge is 2.13. The second kappa shape index (κ2) is 10.8. The number of carbonyl (C=O) groups is 2. The van der Waals surface area contributed by atoms with Crippen LogP contribution in [0.4, 0.5) is 5.69 Å². The van der Waals surface area contributed by atoms with Crippen molar-refractivity contribution in [3.63, 3.8) is 0 Å². The molecule has 1 N–H and O–H groups in total. The number of hydrogen-bond donors (Lipinski definition) is 1. The molecule has 34 heavy (non-hydrogen) atoms. The standard InChI is InChI=1S/C25H24N4O4S/c1-3-32-24(31)19-9-6-10-20(13-19)26-23(30)16-34-25-28-27-22(29(25)2)15-33-21-12-11-17-7-4-5-8-18(17)14-21/h4-14H,3,15-16H2,1-2H3,(H,26,30). The van der Waals surface area contributed by atoms with Gasteiger partial charge in [0, 0.05) is 12.7 Å². The number of aromatic nitrogens is 3. The maximum absolute atomic E-state index is 12.4. The van der Waals surface area contributed by atoms with Gasteiger partial charge in [-0.05, 0) is 48.0 Å². The van der Waals surface area contributed by atoms with Crippen molar-refractivity contribution < 1.29 is 19.1 Å². The molecule has 9 heteroatoms. The molecule has 0 spiro atoms. The lowest BCUT2D eigenvalue weighted by molar-refractivity contribution is -0.113. The normalized spacial score (nSPS) is 10.8. The molecular formula is C25H24N4O4S. The van der Waals surface area contributed by atoms with Crippen molar-refractivity contribution in [3.05, 3.63) is 78.1 Å². The molecule has 174 valence electrons. The highest BCUT2D eigenvalue weighted by Crippen LogP contribution is 2.22. The number of anilines is 1. The van der Waals surface area contributed by atoms with Crippen LogP contribution in [0, 0.1) is 0 Å². The van der Waals surface area contributed by atoms with Crippen molar-refractivity contribution in [2.24, 2.45) is 7.05 Å². The maximum Gasteiger partial charge on any atom is 0.338 e. The van der Waals surface area contributed by atoms with Crippen LogP contribution in [0.2, 0.25) is 0 Å². The van der Waals surface area contributed by atoms with E-state index in [1.807, 2.05) is 43.4 Å². The Morgan fingerprint density at radius 1 is 1.00 bits per heavy atom. The lowest BCUT2D eigenvalue weighted by atomic mass is 10.1. The van der Waals surface area contributed by atoms with E-state index in [1.54, 1.807) is 35.8 Å². The van der Waals surface area contributed by atoms with E-state index < -0.39 is 5.97 Å². The van der Waals surface area contributed by atoms with E-state index in [0.29, 0.717) is 28.8 Å². The Morgan fingerprint density at radius 2 is 1.82 bits per heavy atom. The number of carbonyl (C=O) groups excluding carboxylic acids is 2. The summed E-state index contributed by atoms with van der Waals surface area (Å²) in [6, 6.07) is 20.7. The SMILES string of the molecule is CCOC(=O)c1cccc(NC(=O)CSc2nnc(COc3ccc4ccccc4c3)n2C)c1. The minimum atomic E-state index is -0.425. The number of amides is 1. The predicted octanol–water partition coefficient (Wildman–Crippen LogP) is 4.45. The molecule has 0 atom stereocenters. The van der Waals surface area contributed by atoms with Gasteiger partial charge >= 0.3 is 5.97 Å². The highest BCUT2D eigenvalue weighted by molar-refractivity contribution is 7.99. The largest absolute Gasteiger partial charge is 0.486 e. The fraction of sp³-hybridized carbons (Fsp3) is 0.200. The number of nitrogens with zero attached hydrogens (tertiary/aromatic N) is 3. The Hall–Kier alpha value is -3.85. The summed E-state index contributed by atoms with van der Waals surface area (Å²) in [5.41, 5.74) is 0.912. The lowest BCUT2D eigenvalue weighted by Crippen LogP contribution is -2.15. The van der Waals surface area contributed by atoms with E-state index in [1.165, 1.54) is 11.8 Å². The van der Waals surface area contributed by atoms with Gasteiger partial charge in [0.15, 0.2) is 11.0 Å². The molecule has 0 aliphatic carbocycles. The molecule has 8 nitrogen and oxygen atoms in total. The van der Waals surface area contributed by atoms with Crippen molar-refractivity contribution in [2.75, 3.05) is 17.7 Å². The molecule has 4 aromatic rings. The zero-order valence-electron chi connectivity index (χ0n) is 18.9. The van der Waals surface area contributed by atoms with E-state index in [2.05, 4.69) is 21.6 Å². The first-order valence-electron chi connectivity index (χ1n) is 10.7. The molecule has 0 radical (unpaired) electrons. The first-order chi connectivity index (χ1) is 16.5. The minimum absolute atomic E-state index is 0.140. The number of benzene rings is 3. The maximum atomic E-state index is 12.4. The molecular weight excluding hydrogens is 452 g/mol. The summed E-state index contributed by atoms with van der Waals surface area (Å²) in [6.45, 7) is 2.29. The Balaban J connectivity index is 1.31. The van der Waals surface area contributed by atoms with Crippen molar-refractivity contribution in [1.82, 2.24) is 14.8 Å². The Labute approximate surface area is 201 Å². The zero-order valence-corrected chi connectivity index (χ0v) is 19.7. The van der Waals surface area contributed by atoms with E-state index in [9.17, 15) is 9.59 Å². The summed E-state index contributed by atoms with van der Waals surface area (Å²) in [5.74, 6) is 0.897. The molecule has 1 heterocycles. The van der Waals surface area contributed by atoms with E-state index in [-0.39, 0.29) is 18.3 Å². The van der Waals surface area contributed by atoms with Gasteiger partial charge in [-0.1, -0.05) is 48.2 Å². The fourth-order valence-electron chi connectivity index (χ4n) is 3.27. The first kappa shape index (κ1) is 23.3. The number of nitrogens with one attached hydrogen (secondary N) is 1. The van der Waals surface area contributed by atoms with E-state index in [4.69, 9.17) is 9.47 Å². The van der Waals surface area contributed by atoms with Crippen molar-refractivity contribution >= 4 is 40.1 Å². The summed E-state index contributed by atoms with van der Waals surface area (Å²) in [5, 5.41) is 14.0. The van der Waals surface area contributed by atoms with Crippen molar-refractivity contribution in [3.8, 4) is 5.75 Å². The summed E-state index contributed by atoms with van der Waals surface area (Å²) < 4.78 is 12.7. The number of esters is 1. The molecule has 1 amide bonds. The van der Waals surface area contributed by atoms with Gasteiger partial charge in [-0.25, -0.2) is 4.79 Å². The highest BCUT2D eigenvalue weighted by atomic mass is 32.2. The van der Waals surface area contributed by atoms with Crippen LogP contribution in [0.1, 0.15) is 23.1 Å². The topological polar surface area (TPSA) is 95.3 Å². The van der Waals surface area contributed by atoms with Gasteiger partial charge in [0.25, 0.3) is 0 Å². The van der Waals surface area contributed by atoms with Gasteiger partial charge in [-0.3, -0.25) is 4.79 Å². The Bertz CT molecular complexity index is 1320. The van der Waals surface area contributed by atoms with Gasteiger partial charge in [-0.15, -0.1) is 10.2 Å². The summed E-state index contributed by atoms with van der Waals surface area (Å²) in [6.07, 6.45) is 0. The van der Waals surface area contributed by atoms with Gasteiger partial charge in [0.1, 0.15) is 12.4 Å². The molecule has 3 aromatic carbocycles. The molecule has 0 unspecified atom stereocenters. The first-order valence-corrected chi connectivity index (χ1v) is 11.7. The Kier molecular flexibility index (Phi) is 7.44. The number of ether oxygens (including phenoxy) is 2. The third kappa shape index (κ3) is 5.74. The molecule has 0 saturated carbocycles. The molecule has 4 rings (SSSR count). The second-order valence-corrected chi connectivity index (χ2v) is 8.34. The van der Waals surface area contributed by atoms with Gasteiger partial charge in [0.05, 0.1) is 17.9 Å². The van der Waals surface area contributed by atoms with E-state index >= 15 is 0 Å². The van der Waals surface area contributed by atoms with Crippen LogP contribution in [0.3, 0.4) is 0 Å². The molecule has 0 aliphatic rings. The molecule has 0 aliphatic heterocycles. The van der Waals surface area contributed by atoms with Gasteiger partial charge in [0.2, 0.25) is 5.91 Å². The monoisotopic (exact) mass is 476 g/mol. The van der Waals surface area contributed by atoms with Crippen molar-refractivity contribution in [2.45, 2.75) is 18.7 Å². The average molecular weight is 477 g/mol. The second-order valence-electron chi connectivity index (χ2n) is 7.39. The molecule has 0 bridgehead atoms. The number of rotatable bonds is 9. The van der Waals surface area contributed by atoms with Crippen LogP contribution in [0.5, 0.6) is 5.75 Å². The predicted molar refractivity (Wildman–Crippen MR) is 131 cm³/mol. The number of hydrogen-bond acceptors (Lipinski definition) is 7. The quantitative estimate of drug-likeness (QED) is 0.282. The molecule has 1 aromatic heterocycles. The third-order valence-corrected chi connectivity index (χ3v) is 6.02. The van der Waals surface area contributed by atoms with Crippen LogP contribution in [0.15, 0.2) is 71.9 Å². The van der Waals surface area contributed by atoms with Crippen LogP contribution < -0.4 is 10.1 Å². The lowest BCUT2D eigenvalue weighted by Gasteiger charge is -2.08. The number of thioether (sulfide) groups is 1. The smallest absolute Gasteiger partial charge is 0.338 e. The molecule has 0 saturated heterocycles. The summed E-state index contributed by atoms with van der Waals surface area (Å²) in [4.78, 5) is 24.3. The third-order valence-electron chi connectivity index (χ3n) is 5.00. The Morgan fingerprint density at radius 3 is 2.65 bits per heavy atom. The summed E-state index contributed by atoms with van der Waals surface area (Å²) >= 11 is 1.27. The van der Waals surface area contributed by atoms with Crippen LogP contribution in [0.25, 0.3) is 10.8 Å². The average Bonchev–Trinajstić information content (AvgIpc) is 3.20. The molecule has 0 fully saturated rings.